The van der Waals surface area contributed by atoms with E-state index in [9.17, 15) is 9.90 Å². The molecular formula is C7H13O2. The molecule has 2 nitrogen and oxygen atoms in total. The van der Waals surface area contributed by atoms with Gasteiger partial charge in [0, 0.05) is 0 Å². The van der Waals surface area contributed by atoms with Gasteiger partial charge in [-0.25, -0.2) is 9.90 Å². The van der Waals surface area contributed by atoms with Gasteiger partial charge in [-0.05, 0) is 19.8 Å². The van der Waals surface area contributed by atoms with E-state index in [2.05, 4.69) is 0 Å². The van der Waals surface area contributed by atoms with Gasteiger partial charge in [0.25, 0.3) is 0 Å². The number of rotatable bonds is 3. The lowest BCUT2D eigenvalue weighted by Crippen LogP contribution is -2.24. The highest BCUT2D eigenvalue weighted by Gasteiger charge is 2.30. The molecule has 0 N–H and O–H groups in total. The second kappa shape index (κ2) is 2.85. The normalized spacial score (nSPS) is 11.4. The molecule has 0 aliphatic rings. The molecule has 0 heterocycles. The lowest BCUT2D eigenvalue weighted by Gasteiger charge is -2.17. The second-order valence-corrected chi connectivity index (χ2v) is 2.56. The molecule has 0 aliphatic heterocycles. The van der Waals surface area contributed by atoms with E-state index in [1.54, 1.807) is 6.92 Å². The predicted molar refractivity (Wildman–Crippen MR) is 34.4 cm³/mol. The van der Waals surface area contributed by atoms with Crippen molar-refractivity contribution >= 4 is 5.97 Å². The quantitative estimate of drug-likeness (QED) is 0.572. The third-order valence-corrected chi connectivity index (χ3v) is 2.05. The lowest BCUT2D eigenvalue weighted by molar-refractivity contribution is -0.154. The van der Waals surface area contributed by atoms with Crippen LogP contribution in [0.1, 0.15) is 33.6 Å². The molecule has 0 rings (SSSR count). The Morgan fingerprint density at radius 1 is 1.33 bits per heavy atom. The van der Waals surface area contributed by atoms with E-state index in [0.717, 1.165) is 0 Å². The summed E-state index contributed by atoms with van der Waals surface area (Å²) < 4.78 is 0. The van der Waals surface area contributed by atoms with Gasteiger partial charge in [0.15, 0.2) is 0 Å². The molecule has 0 fully saturated rings. The number of hydrogen-bond acceptors (Lipinski definition) is 1. The summed E-state index contributed by atoms with van der Waals surface area (Å²) in [6.07, 6.45) is 1.29. The van der Waals surface area contributed by atoms with Gasteiger partial charge in [0.05, 0.1) is 5.41 Å². The summed E-state index contributed by atoms with van der Waals surface area (Å²) in [6.45, 7) is 5.43. The molecule has 0 aromatic heterocycles. The summed E-state index contributed by atoms with van der Waals surface area (Å²) in [4.78, 5) is 10.4. The van der Waals surface area contributed by atoms with E-state index in [0.29, 0.717) is 12.8 Å². The van der Waals surface area contributed by atoms with Crippen LogP contribution in [-0.4, -0.2) is 5.97 Å². The zero-order valence-corrected chi connectivity index (χ0v) is 6.23. The molecule has 0 atom stereocenters. The minimum absolute atomic E-state index is 0.611. The Morgan fingerprint density at radius 2 is 1.67 bits per heavy atom. The largest absolute Gasteiger partial charge is 0.361 e. The van der Waals surface area contributed by atoms with Crippen LogP contribution in [0.25, 0.3) is 0 Å². The third kappa shape index (κ3) is 1.70. The van der Waals surface area contributed by atoms with Crippen LogP contribution >= 0.6 is 0 Å². The van der Waals surface area contributed by atoms with E-state index in [4.69, 9.17) is 0 Å². The van der Waals surface area contributed by atoms with Crippen LogP contribution in [0.15, 0.2) is 0 Å². The van der Waals surface area contributed by atoms with Crippen LogP contribution in [0, 0.1) is 5.41 Å². The van der Waals surface area contributed by atoms with Crippen LogP contribution < -0.4 is 0 Å². The maximum Gasteiger partial charge on any atom is 0.361 e. The molecule has 0 spiro atoms. The standard InChI is InChI=1S/C7H13O2/c1-4-7(3,5-2)6(8)9/h4-5H2,1-3H3. The van der Waals surface area contributed by atoms with Gasteiger partial charge in [0.2, 0.25) is 0 Å². The smallest absolute Gasteiger partial charge is 0.247 e. The first-order chi connectivity index (χ1) is 4.06. The Morgan fingerprint density at radius 3 is 1.67 bits per heavy atom. The third-order valence-electron chi connectivity index (χ3n) is 2.05. The summed E-state index contributed by atoms with van der Waals surface area (Å²) in [5.41, 5.74) is -0.611. The van der Waals surface area contributed by atoms with Crippen molar-refractivity contribution in [2.45, 2.75) is 33.6 Å². The maximum absolute atomic E-state index is 10.4. The Kier molecular flexibility index (Phi) is 2.68. The fraction of sp³-hybridized carbons (Fsp3) is 0.857. The van der Waals surface area contributed by atoms with E-state index < -0.39 is 11.4 Å². The van der Waals surface area contributed by atoms with Gasteiger partial charge in [-0.3, -0.25) is 0 Å². The average Bonchev–Trinajstić information content (AvgIpc) is 1.86. The Balaban J connectivity index is 4.09. The van der Waals surface area contributed by atoms with Gasteiger partial charge in [-0.1, -0.05) is 13.8 Å². The Hall–Kier alpha value is -0.530. The van der Waals surface area contributed by atoms with Gasteiger partial charge >= 0.3 is 5.97 Å². The monoisotopic (exact) mass is 129 g/mol. The van der Waals surface area contributed by atoms with Crippen LogP contribution in [0.2, 0.25) is 0 Å². The highest BCUT2D eigenvalue weighted by atomic mass is 16.4. The van der Waals surface area contributed by atoms with Crippen molar-refractivity contribution in [1.82, 2.24) is 0 Å². The SMILES string of the molecule is CCC(C)(CC)C([O])=O. The molecule has 0 amide bonds. The summed E-state index contributed by atoms with van der Waals surface area (Å²) in [6, 6.07) is 0. The molecule has 0 aromatic carbocycles. The van der Waals surface area contributed by atoms with E-state index in [1.807, 2.05) is 13.8 Å². The molecule has 9 heavy (non-hydrogen) atoms. The van der Waals surface area contributed by atoms with Crippen LogP contribution in [0.5, 0.6) is 0 Å². The topological polar surface area (TPSA) is 37.0 Å². The van der Waals surface area contributed by atoms with Crippen molar-refractivity contribution in [2.24, 2.45) is 5.41 Å². The summed E-state index contributed by atoms with van der Waals surface area (Å²) in [5, 5.41) is 10.4. The average molecular weight is 129 g/mol. The van der Waals surface area contributed by atoms with E-state index >= 15 is 0 Å². The van der Waals surface area contributed by atoms with Crippen molar-refractivity contribution in [3.8, 4) is 0 Å². The first-order valence-corrected chi connectivity index (χ1v) is 3.28. The molecule has 0 bridgehead atoms. The number of carbonyl (C=O) groups excluding carboxylic acids is 1. The molecule has 0 saturated heterocycles. The molecule has 0 unspecified atom stereocenters. The molecular weight excluding hydrogens is 116 g/mol. The molecule has 1 radical (unpaired) electrons. The number of carbonyl (C=O) groups is 1. The van der Waals surface area contributed by atoms with Gasteiger partial charge in [-0.2, -0.15) is 0 Å². The Labute approximate surface area is 55.9 Å². The molecule has 2 heteroatoms. The minimum atomic E-state index is -0.937. The van der Waals surface area contributed by atoms with Crippen molar-refractivity contribution in [1.29, 1.82) is 0 Å². The van der Waals surface area contributed by atoms with Crippen molar-refractivity contribution in [3.05, 3.63) is 0 Å². The van der Waals surface area contributed by atoms with Crippen molar-refractivity contribution in [3.63, 3.8) is 0 Å². The van der Waals surface area contributed by atoms with Gasteiger partial charge < -0.3 is 0 Å². The summed E-state index contributed by atoms with van der Waals surface area (Å²) in [7, 11) is 0. The van der Waals surface area contributed by atoms with Crippen molar-refractivity contribution < 1.29 is 9.90 Å². The molecule has 0 saturated carbocycles. The first kappa shape index (κ1) is 8.47. The summed E-state index contributed by atoms with van der Waals surface area (Å²) >= 11 is 0. The zero-order chi connectivity index (χ0) is 7.49. The summed E-state index contributed by atoms with van der Waals surface area (Å²) in [5.74, 6) is -0.937. The van der Waals surface area contributed by atoms with Crippen LogP contribution in [-0.2, 0) is 9.90 Å². The van der Waals surface area contributed by atoms with E-state index in [-0.39, 0.29) is 0 Å². The van der Waals surface area contributed by atoms with Gasteiger partial charge in [0.1, 0.15) is 0 Å². The maximum atomic E-state index is 10.4. The molecule has 0 aliphatic carbocycles. The highest BCUT2D eigenvalue weighted by molar-refractivity contribution is 5.73. The predicted octanol–water partition coefficient (Wildman–Crippen LogP) is 1.77. The zero-order valence-electron chi connectivity index (χ0n) is 6.23. The fourth-order valence-corrected chi connectivity index (χ4v) is 0.539. The van der Waals surface area contributed by atoms with Crippen LogP contribution in [0.3, 0.4) is 0 Å². The fourth-order valence-electron chi connectivity index (χ4n) is 0.539. The van der Waals surface area contributed by atoms with E-state index in [1.165, 1.54) is 0 Å². The first-order valence-electron chi connectivity index (χ1n) is 3.28. The second-order valence-electron chi connectivity index (χ2n) is 2.56. The van der Waals surface area contributed by atoms with Gasteiger partial charge in [-0.15, -0.1) is 0 Å². The molecule has 0 aromatic rings. The number of hydrogen-bond donors (Lipinski definition) is 0. The Bertz CT molecular complexity index is 103. The minimum Gasteiger partial charge on any atom is -0.247 e. The van der Waals surface area contributed by atoms with Crippen molar-refractivity contribution in [2.75, 3.05) is 0 Å². The lowest BCUT2D eigenvalue weighted by atomic mass is 9.85. The highest BCUT2D eigenvalue weighted by Crippen LogP contribution is 2.25. The van der Waals surface area contributed by atoms with Crippen LogP contribution in [0.4, 0.5) is 0 Å². The molecule has 53 valence electrons.